The van der Waals surface area contributed by atoms with Crippen molar-refractivity contribution in [3.8, 4) is 11.5 Å². The summed E-state index contributed by atoms with van der Waals surface area (Å²) in [5.41, 5.74) is 3.49. The van der Waals surface area contributed by atoms with Gasteiger partial charge in [0.05, 0.1) is 19.0 Å². The van der Waals surface area contributed by atoms with Crippen molar-refractivity contribution in [2.75, 3.05) is 19.0 Å². The van der Waals surface area contributed by atoms with Crippen molar-refractivity contribution in [1.29, 1.82) is 0 Å². The zero-order valence-corrected chi connectivity index (χ0v) is 15.0. The minimum Gasteiger partial charge on any atom is -0.495 e. The molecule has 2 aromatic carbocycles. The summed E-state index contributed by atoms with van der Waals surface area (Å²) in [5, 5.41) is 15.5. The Balaban J connectivity index is 1.83. The van der Waals surface area contributed by atoms with Crippen molar-refractivity contribution < 1.29 is 24.2 Å². The van der Waals surface area contributed by atoms with E-state index in [1.54, 1.807) is 42.5 Å². The van der Waals surface area contributed by atoms with E-state index in [0.717, 1.165) is 0 Å². The van der Waals surface area contributed by atoms with Gasteiger partial charge in [0.2, 0.25) is 0 Å². The van der Waals surface area contributed by atoms with Gasteiger partial charge < -0.3 is 19.9 Å². The highest BCUT2D eigenvalue weighted by Gasteiger charge is 2.08. The molecule has 0 aliphatic carbocycles. The zero-order chi connectivity index (χ0) is 19.6. The van der Waals surface area contributed by atoms with Gasteiger partial charge in [0.25, 0.3) is 11.8 Å². The summed E-state index contributed by atoms with van der Waals surface area (Å²) in [4.78, 5) is 23.2. The minimum atomic E-state index is -1.13. The highest BCUT2D eigenvalue weighted by molar-refractivity contribution is 5.93. The third-order valence-corrected chi connectivity index (χ3v) is 3.40. The number of aliphatic hydroxyl groups is 1. The Morgan fingerprint density at radius 2 is 1.89 bits per heavy atom. The first kappa shape index (κ1) is 19.9. The molecule has 0 radical (unpaired) electrons. The maximum atomic E-state index is 12.0. The number of aliphatic hydroxyl groups excluding tert-OH is 1. The number of anilines is 1. The van der Waals surface area contributed by atoms with Crippen LogP contribution in [0, 0.1) is 0 Å². The van der Waals surface area contributed by atoms with Crippen LogP contribution in [-0.4, -0.2) is 43.0 Å². The van der Waals surface area contributed by atoms with Crippen molar-refractivity contribution >= 4 is 23.7 Å². The summed E-state index contributed by atoms with van der Waals surface area (Å²) in [6.07, 6.45) is 0.304. The molecule has 0 bridgehead atoms. The molecular weight excluding hydrogens is 350 g/mol. The predicted octanol–water partition coefficient (Wildman–Crippen LogP) is 1.54. The van der Waals surface area contributed by atoms with Crippen LogP contribution in [0.25, 0.3) is 0 Å². The van der Waals surface area contributed by atoms with Crippen molar-refractivity contribution in [3.05, 3.63) is 54.1 Å². The summed E-state index contributed by atoms with van der Waals surface area (Å²) >= 11 is 0. The second-order valence-corrected chi connectivity index (χ2v) is 5.52. The number of hydrogen-bond acceptors (Lipinski definition) is 6. The van der Waals surface area contributed by atoms with E-state index in [2.05, 4.69) is 15.8 Å². The molecule has 0 aliphatic rings. The highest BCUT2D eigenvalue weighted by atomic mass is 16.5. The molecule has 8 heteroatoms. The third kappa shape index (κ3) is 6.44. The first-order valence-electron chi connectivity index (χ1n) is 8.16. The van der Waals surface area contributed by atoms with Gasteiger partial charge in [-0.2, -0.15) is 5.10 Å². The SMILES string of the molecule is COc1ccccc1NC(=O)COc1ccc(/C=N\NC(=O)[C@H](C)O)cc1. The Kier molecular flexibility index (Phi) is 7.33. The van der Waals surface area contributed by atoms with Crippen LogP contribution in [0.3, 0.4) is 0 Å². The second-order valence-electron chi connectivity index (χ2n) is 5.52. The fourth-order valence-electron chi connectivity index (χ4n) is 2.00. The van der Waals surface area contributed by atoms with Gasteiger partial charge in [-0.3, -0.25) is 9.59 Å². The van der Waals surface area contributed by atoms with Crippen LogP contribution >= 0.6 is 0 Å². The molecule has 27 heavy (non-hydrogen) atoms. The van der Waals surface area contributed by atoms with E-state index in [9.17, 15) is 9.59 Å². The molecule has 142 valence electrons. The van der Waals surface area contributed by atoms with E-state index in [0.29, 0.717) is 22.7 Å². The number of benzene rings is 2. The molecule has 0 saturated carbocycles. The highest BCUT2D eigenvalue weighted by Crippen LogP contribution is 2.22. The Morgan fingerprint density at radius 1 is 1.19 bits per heavy atom. The molecular formula is C19H21N3O5. The first-order valence-corrected chi connectivity index (χ1v) is 8.16. The Bertz CT molecular complexity index is 803. The van der Waals surface area contributed by atoms with E-state index in [4.69, 9.17) is 14.6 Å². The van der Waals surface area contributed by atoms with Crippen molar-refractivity contribution in [3.63, 3.8) is 0 Å². The van der Waals surface area contributed by atoms with Crippen LogP contribution in [0.5, 0.6) is 11.5 Å². The average molecular weight is 371 g/mol. The fraction of sp³-hybridized carbons (Fsp3) is 0.211. The Labute approximate surface area is 156 Å². The lowest BCUT2D eigenvalue weighted by Crippen LogP contribution is -2.28. The predicted molar refractivity (Wildman–Crippen MR) is 101 cm³/mol. The number of carbonyl (C=O) groups excluding carboxylic acids is 2. The standard InChI is InChI=1S/C19H21N3O5/c1-13(23)19(25)22-20-11-14-7-9-15(10-8-14)27-12-18(24)21-16-5-3-4-6-17(16)26-2/h3-11,13,23H,12H2,1-2H3,(H,21,24)(H,22,25)/b20-11-/t13-/m0/s1. The molecule has 0 saturated heterocycles. The number of nitrogens with one attached hydrogen (secondary N) is 2. The molecule has 2 rings (SSSR count). The minimum absolute atomic E-state index is 0.157. The van der Waals surface area contributed by atoms with Crippen molar-refractivity contribution in [2.24, 2.45) is 5.10 Å². The number of rotatable bonds is 8. The molecule has 0 unspecified atom stereocenters. The Morgan fingerprint density at radius 3 is 2.56 bits per heavy atom. The van der Waals surface area contributed by atoms with E-state index in [1.165, 1.54) is 20.2 Å². The summed E-state index contributed by atoms with van der Waals surface area (Å²) < 4.78 is 10.6. The van der Waals surface area contributed by atoms with Crippen LogP contribution in [0.4, 0.5) is 5.69 Å². The number of ether oxygens (including phenoxy) is 2. The topological polar surface area (TPSA) is 109 Å². The van der Waals surface area contributed by atoms with Gasteiger partial charge in [-0.1, -0.05) is 12.1 Å². The average Bonchev–Trinajstić information content (AvgIpc) is 2.67. The van der Waals surface area contributed by atoms with Gasteiger partial charge in [-0.15, -0.1) is 0 Å². The first-order chi connectivity index (χ1) is 13.0. The maximum Gasteiger partial charge on any atom is 0.268 e. The molecule has 0 spiro atoms. The second kappa shape index (κ2) is 9.93. The molecule has 0 aliphatic heterocycles. The molecule has 2 amide bonds. The number of hydrazone groups is 1. The quantitative estimate of drug-likeness (QED) is 0.482. The molecule has 8 nitrogen and oxygen atoms in total. The van der Waals surface area contributed by atoms with Gasteiger partial charge in [-0.25, -0.2) is 5.43 Å². The number of nitrogens with zero attached hydrogens (tertiary/aromatic N) is 1. The smallest absolute Gasteiger partial charge is 0.268 e. The zero-order valence-electron chi connectivity index (χ0n) is 15.0. The normalized spacial score (nSPS) is 11.7. The van der Waals surface area contributed by atoms with Gasteiger partial charge in [0, 0.05) is 0 Å². The monoisotopic (exact) mass is 371 g/mol. The molecule has 2 aromatic rings. The molecule has 0 heterocycles. The summed E-state index contributed by atoms with van der Waals surface area (Å²) in [6, 6.07) is 13.9. The van der Waals surface area contributed by atoms with Crippen LogP contribution in [0.15, 0.2) is 53.6 Å². The number of carbonyl (C=O) groups is 2. The molecule has 0 fully saturated rings. The van der Waals surface area contributed by atoms with Crippen LogP contribution in [0.1, 0.15) is 12.5 Å². The summed E-state index contributed by atoms with van der Waals surface area (Å²) in [6.45, 7) is 1.19. The van der Waals surface area contributed by atoms with E-state index in [1.807, 2.05) is 6.07 Å². The molecule has 0 aromatic heterocycles. The number of methoxy groups -OCH3 is 1. The van der Waals surface area contributed by atoms with E-state index in [-0.39, 0.29) is 12.5 Å². The van der Waals surface area contributed by atoms with Crippen LogP contribution in [-0.2, 0) is 9.59 Å². The van der Waals surface area contributed by atoms with Crippen LogP contribution in [0.2, 0.25) is 0 Å². The summed E-state index contributed by atoms with van der Waals surface area (Å²) in [5.74, 6) is 0.172. The van der Waals surface area contributed by atoms with Crippen molar-refractivity contribution in [1.82, 2.24) is 5.43 Å². The lowest BCUT2D eigenvalue weighted by atomic mass is 10.2. The lowest BCUT2D eigenvalue weighted by Gasteiger charge is -2.10. The van der Waals surface area contributed by atoms with E-state index < -0.39 is 12.0 Å². The van der Waals surface area contributed by atoms with Gasteiger partial charge in [0.15, 0.2) is 6.61 Å². The summed E-state index contributed by atoms with van der Waals surface area (Å²) in [7, 11) is 1.53. The van der Waals surface area contributed by atoms with Crippen LogP contribution < -0.4 is 20.2 Å². The lowest BCUT2D eigenvalue weighted by molar-refractivity contribution is -0.128. The largest absolute Gasteiger partial charge is 0.495 e. The number of amides is 2. The van der Waals surface area contributed by atoms with Gasteiger partial charge in [0.1, 0.15) is 17.6 Å². The maximum absolute atomic E-state index is 12.0. The van der Waals surface area contributed by atoms with Gasteiger partial charge in [-0.05, 0) is 48.9 Å². The third-order valence-electron chi connectivity index (χ3n) is 3.40. The molecule has 3 N–H and O–H groups in total. The van der Waals surface area contributed by atoms with Gasteiger partial charge >= 0.3 is 0 Å². The number of hydrogen-bond donors (Lipinski definition) is 3. The Hall–Kier alpha value is -3.39. The van der Waals surface area contributed by atoms with E-state index >= 15 is 0 Å². The number of para-hydroxylation sites is 2. The fourth-order valence-corrected chi connectivity index (χ4v) is 2.00. The molecule has 1 atom stereocenters. The van der Waals surface area contributed by atoms with Crippen molar-refractivity contribution in [2.45, 2.75) is 13.0 Å².